The van der Waals surface area contributed by atoms with Crippen LogP contribution in [-0.4, -0.2) is 25.2 Å². The molecular weight excluding hydrogens is 204 g/mol. The predicted octanol–water partition coefficient (Wildman–Crippen LogP) is 1.74. The lowest BCUT2D eigenvalue weighted by Gasteiger charge is -2.11. The van der Waals surface area contributed by atoms with Crippen molar-refractivity contribution in [3.05, 3.63) is 35.4 Å². The molecule has 0 atom stereocenters. The summed E-state index contributed by atoms with van der Waals surface area (Å²) in [6.07, 6.45) is 1.35. The van der Waals surface area contributed by atoms with Crippen molar-refractivity contribution >= 4 is 17.7 Å². The topological polar surface area (TPSA) is 64.3 Å². The highest BCUT2D eigenvalue weighted by molar-refractivity contribution is 5.96. The monoisotopic (exact) mass is 216 g/mol. The molecule has 4 nitrogen and oxygen atoms in total. The number of hydrogen-bond donors (Lipinski definition) is 1. The maximum absolute atomic E-state index is 10.6. The second kappa shape index (κ2) is 4.99. The van der Waals surface area contributed by atoms with Gasteiger partial charge in [-0.05, 0) is 23.8 Å². The number of carboxylic acids is 1. The van der Waals surface area contributed by atoms with Gasteiger partial charge in [0.25, 0.3) is 0 Å². The second-order valence-corrected chi connectivity index (χ2v) is 3.46. The van der Waals surface area contributed by atoms with Crippen molar-refractivity contribution < 1.29 is 9.90 Å². The first-order chi connectivity index (χ1) is 7.54. The molecule has 16 heavy (non-hydrogen) atoms. The summed E-state index contributed by atoms with van der Waals surface area (Å²) >= 11 is 0. The SMILES string of the molecule is CN(C)c1ccc(C=C(C#N)C(=O)O)cc1. The number of benzene rings is 1. The smallest absolute Gasteiger partial charge is 0.346 e. The normalized spacial score (nSPS) is 10.7. The molecule has 0 unspecified atom stereocenters. The molecule has 0 radical (unpaired) electrons. The highest BCUT2D eigenvalue weighted by Crippen LogP contribution is 2.14. The Morgan fingerprint density at radius 3 is 2.31 bits per heavy atom. The number of rotatable bonds is 3. The van der Waals surface area contributed by atoms with Gasteiger partial charge in [-0.25, -0.2) is 4.79 Å². The fourth-order valence-corrected chi connectivity index (χ4v) is 1.18. The van der Waals surface area contributed by atoms with E-state index in [1.54, 1.807) is 18.2 Å². The molecule has 0 spiro atoms. The first kappa shape index (κ1) is 11.8. The summed E-state index contributed by atoms with van der Waals surface area (Å²) < 4.78 is 0. The van der Waals surface area contributed by atoms with Crippen LogP contribution in [0.2, 0.25) is 0 Å². The predicted molar refractivity (Wildman–Crippen MR) is 62.0 cm³/mol. The number of nitrogens with zero attached hydrogens (tertiary/aromatic N) is 2. The summed E-state index contributed by atoms with van der Waals surface area (Å²) in [5, 5.41) is 17.3. The van der Waals surface area contributed by atoms with Gasteiger partial charge in [0.1, 0.15) is 11.6 Å². The van der Waals surface area contributed by atoms with E-state index in [1.165, 1.54) is 6.08 Å². The van der Waals surface area contributed by atoms with Crippen LogP contribution in [0.4, 0.5) is 5.69 Å². The summed E-state index contributed by atoms with van der Waals surface area (Å²) in [7, 11) is 3.84. The van der Waals surface area contributed by atoms with Crippen molar-refractivity contribution in [2.24, 2.45) is 0 Å². The van der Waals surface area contributed by atoms with Crippen molar-refractivity contribution in [2.45, 2.75) is 0 Å². The zero-order valence-electron chi connectivity index (χ0n) is 9.14. The standard InChI is InChI=1S/C12H12N2O2/c1-14(2)11-5-3-9(4-6-11)7-10(8-13)12(15)16/h3-7H,1-2H3,(H,15,16). The van der Waals surface area contributed by atoms with Crippen LogP contribution in [0.3, 0.4) is 0 Å². The van der Waals surface area contributed by atoms with Crippen LogP contribution in [0.25, 0.3) is 6.08 Å². The first-order valence-corrected chi connectivity index (χ1v) is 4.67. The van der Waals surface area contributed by atoms with E-state index in [0.29, 0.717) is 5.56 Å². The number of nitriles is 1. The van der Waals surface area contributed by atoms with Crippen LogP contribution in [0.5, 0.6) is 0 Å². The molecule has 4 heteroatoms. The molecule has 0 amide bonds. The van der Waals surface area contributed by atoms with Crippen LogP contribution in [0.15, 0.2) is 29.8 Å². The highest BCUT2D eigenvalue weighted by atomic mass is 16.4. The average Bonchev–Trinajstić information content (AvgIpc) is 2.26. The Kier molecular flexibility index (Phi) is 3.67. The largest absolute Gasteiger partial charge is 0.477 e. The van der Waals surface area contributed by atoms with Crippen molar-refractivity contribution in [1.82, 2.24) is 0 Å². The van der Waals surface area contributed by atoms with E-state index in [2.05, 4.69) is 0 Å². The van der Waals surface area contributed by atoms with Crippen LogP contribution in [0, 0.1) is 11.3 Å². The third-order valence-electron chi connectivity index (χ3n) is 2.07. The number of carbonyl (C=O) groups is 1. The van der Waals surface area contributed by atoms with Gasteiger partial charge in [0, 0.05) is 19.8 Å². The molecule has 0 saturated carbocycles. The average molecular weight is 216 g/mol. The van der Waals surface area contributed by atoms with Gasteiger partial charge in [-0.1, -0.05) is 12.1 Å². The van der Waals surface area contributed by atoms with Crippen LogP contribution >= 0.6 is 0 Å². The number of anilines is 1. The fourth-order valence-electron chi connectivity index (χ4n) is 1.18. The fraction of sp³-hybridized carbons (Fsp3) is 0.167. The second-order valence-electron chi connectivity index (χ2n) is 3.46. The van der Waals surface area contributed by atoms with Crippen LogP contribution < -0.4 is 4.90 Å². The van der Waals surface area contributed by atoms with Crippen LogP contribution in [-0.2, 0) is 4.79 Å². The number of carboxylic acid groups (broad SMARTS) is 1. The minimum atomic E-state index is -1.21. The van der Waals surface area contributed by atoms with Gasteiger partial charge < -0.3 is 10.0 Å². The lowest BCUT2D eigenvalue weighted by atomic mass is 10.1. The molecule has 0 aliphatic heterocycles. The minimum Gasteiger partial charge on any atom is -0.477 e. The summed E-state index contributed by atoms with van der Waals surface area (Å²) in [5.41, 5.74) is 1.45. The Morgan fingerprint density at radius 2 is 1.94 bits per heavy atom. The first-order valence-electron chi connectivity index (χ1n) is 4.67. The van der Waals surface area contributed by atoms with E-state index in [9.17, 15) is 4.79 Å². The Bertz CT molecular complexity index is 453. The minimum absolute atomic E-state index is 0.266. The van der Waals surface area contributed by atoms with Crippen molar-refractivity contribution in [3.63, 3.8) is 0 Å². The van der Waals surface area contributed by atoms with Gasteiger partial charge in [0.2, 0.25) is 0 Å². The molecule has 0 aliphatic carbocycles. The molecule has 1 aromatic rings. The Morgan fingerprint density at radius 1 is 1.38 bits per heavy atom. The molecule has 0 aromatic heterocycles. The van der Waals surface area contributed by atoms with E-state index in [-0.39, 0.29) is 5.57 Å². The Labute approximate surface area is 94.0 Å². The van der Waals surface area contributed by atoms with Gasteiger partial charge >= 0.3 is 5.97 Å². The molecule has 0 saturated heterocycles. The Hall–Kier alpha value is -2.28. The zero-order chi connectivity index (χ0) is 12.1. The van der Waals surface area contributed by atoms with Gasteiger partial charge in [-0.3, -0.25) is 0 Å². The number of hydrogen-bond acceptors (Lipinski definition) is 3. The molecule has 82 valence electrons. The van der Waals surface area contributed by atoms with Crippen molar-refractivity contribution in [1.29, 1.82) is 5.26 Å². The Balaban J connectivity index is 3.00. The molecule has 1 aromatic carbocycles. The van der Waals surface area contributed by atoms with E-state index in [4.69, 9.17) is 10.4 Å². The third kappa shape index (κ3) is 2.85. The molecule has 0 bridgehead atoms. The van der Waals surface area contributed by atoms with Gasteiger partial charge in [0.05, 0.1) is 0 Å². The molecule has 0 fully saturated rings. The van der Waals surface area contributed by atoms with Gasteiger partial charge in [0.15, 0.2) is 0 Å². The van der Waals surface area contributed by atoms with E-state index in [0.717, 1.165) is 5.69 Å². The lowest BCUT2D eigenvalue weighted by Crippen LogP contribution is -2.08. The molecule has 1 N–H and O–H groups in total. The quantitative estimate of drug-likeness (QED) is 0.617. The molecule has 1 rings (SSSR count). The summed E-state index contributed by atoms with van der Waals surface area (Å²) in [4.78, 5) is 12.6. The number of aliphatic carboxylic acids is 1. The molecule has 0 aliphatic rings. The maximum Gasteiger partial charge on any atom is 0.346 e. The summed E-state index contributed by atoms with van der Waals surface area (Å²) in [6, 6.07) is 8.91. The zero-order valence-corrected chi connectivity index (χ0v) is 9.14. The van der Waals surface area contributed by atoms with E-state index < -0.39 is 5.97 Å². The summed E-state index contributed by atoms with van der Waals surface area (Å²) in [6.45, 7) is 0. The molecular formula is C12H12N2O2. The van der Waals surface area contributed by atoms with Crippen LogP contribution in [0.1, 0.15) is 5.56 Å². The van der Waals surface area contributed by atoms with E-state index >= 15 is 0 Å². The van der Waals surface area contributed by atoms with E-state index in [1.807, 2.05) is 31.1 Å². The summed E-state index contributed by atoms with van der Waals surface area (Å²) in [5.74, 6) is -1.21. The third-order valence-corrected chi connectivity index (χ3v) is 2.07. The van der Waals surface area contributed by atoms with Crippen molar-refractivity contribution in [2.75, 3.05) is 19.0 Å². The molecule has 0 heterocycles. The maximum atomic E-state index is 10.6. The lowest BCUT2D eigenvalue weighted by molar-refractivity contribution is -0.132. The van der Waals surface area contributed by atoms with Crippen molar-refractivity contribution in [3.8, 4) is 6.07 Å². The highest BCUT2D eigenvalue weighted by Gasteiger charge is 2.05. The van der Waals surface area contributed by atoms with Gasteiger partial charge in [-0.2, -0.15) is 5.26 Å². The van der Waals surface area contributed by atoms with Gasteiger partial charge in [-0.15, -0.1) is 0 Å².